The fraction of sp³-hybridized carbons (Fsp3) is 0.619. The number of morpholine rings is 1. The second-order valence-electron chi connectivity index (χ2n) is 7.59. The predicted molar refractivity (Wildman–Crippen MR) is 103 cm³/mol. The number of hydrogen-bond acceptors (Lipinski definition) is 4. The molecule has 3 rings (SSSR count). The Hall–Kier alpha value is -1.92. The number of rotatable bonds is 8. The van der Waals surface area contributed by atoms with E-state index in [0.29, 0.717) is 32.1 Å². The van der Waals surface area contributed by atoms with Gasteiger partial charge in [-0.3, -0.25) is 14.5 Å². The lowest BCUT2D eigenvalue weighted by Crippen LogP contribution is -2.58. The number of carbonyl (C=O) groups excluding carboxylic acids is 1. The highest BCUT2D eigenvalue weighted by Crippen LogP contribution is 2.26. The van der Waals surface area contributed by atoms with Crippen LogP contribution < -0.4 is 5.32 Å². The van der Waals surface area contributed by atoms with Crippen molar-refractivity contribution in [3.63, 3.8) is 0 Å². The SMILES string of the molecule is O=C(O)CCC(Cc1ccccc1)NC(=O)C1COCCN1C1CCCC1. The average molecular weight is 374 g/mol. The number of aliphatic carboxylic acids is 1. The molecule has 0 bridgehead atoms. The second-order valence-corrected chi connectivity index (χ2v) is 7.59. The van der Waals surface area contributed by atoms with Crippen LogP contribution in [0.25, 0.3) is 0 Å². The highest BCUT2D eigenvalue weighted by molar-refractivity contribution is 5.82. The van der Waals surface area contributed by atoms with E-state index in [-0.39, 0.29) is 24.4 Å². The minimum absolute atomic E-state index is 0.0343. The summed E-state index contributed by atoms with van der Waals surface area (Å²) in [4.78, 5) is 26.4. The Morgan fingerprint density at radius 2 is 1.96 bits per heavy atom. The Morgan fingerprint density at radius 3 is 2.67 bits per heavy atom. The van der Waals surface area contributed by atoms with Gasteiger partial charge in [-0.25, -0.2) is 0 Å². The van der Waals surface area contributed by atoms with Gasteiger partial charge in [0, 0.05) is 25.0 Å². The van der Waals surface area contributed by atoms with Crippen LogP contribution in [0.1, 0.15) is 44.1 Å². The summed E-state index contributed by atoms with van der Waals surface area (Å²) in [6.45, 7) is 1.88. The van der Waals surface area contributed by atoms with Gasteiger partial charge < -0.3 is 15.2 Å². The van der Waals surface area contributed by atoms with E-state index in [9.17, 15) is 9.59 Å². The predicted octanol–water partition coefficient (Wildman–Crippen LogP) is 2.22. The van der Waals surface area contributed by atoms with Crippen LogP contribution in [0.5, 0.6) is 0 Å². The molecule has 1 saturated heterocycles. The van der Waals surface area contributed by atoms with E-state index in [1.54, 1.807) is 0 Å². The first kappa shape index (κ1) is 19.8. The van der Waals surface area contributed by atoms with Gasteiger partial charge in [-0.15, -0.1) is 0 Å². The van der Waals surface area contributed by atoms with Crippen LogP contribution in [0, 0.1) is 0 Å². The van der Waals surface area contributed by atoms with Gasteiger partial charge in [-0.2, -0.15) is 0 Å². The Labute approximate surface area is 160 Å². The zero-order valence-corrected chi connectivity index (χ0v) is 15.8. The first-order valence-electron chi connectivity index (χ1n) is 10.0. The van der Waals surface area contributed by atoms with Crippen molar-refractivity contribution >= 4 is 11.9 Å². The molecule has 1 amide bonds. The van der Waals surface area contributed by atoms with Gasteiger partial charge in [0.25, 0.3) is 0 Å². The lowest BCUT2D eigenvalue weighted by molar-refractivity contribution is -0.138. The van der Waals surface area contributed by atoms with Crippen LogP contribution >= 0.6 is 0 Å². The van der Waals surface area contributed by atoms with Crippen LogP contribution in [0.2, 0.25) is 0 Å². The van der Waals surface area contributed by atoms with Gasteiger partial charge in [0.1, 0.15) is 6.04 Å². The first-order chi connectivity index (χ1) is 13.1. The Morgan fingerprint density at radius 1 is 1.22 bits per heavy atom. The summed E-state index contributed by atoms with van der Waals surface area (Å²) >= 11 is 0. The molecule has 0 radical (unpaired) electrons. The lowest BCUT2D eigenvalue weighted by atomic mass is 10.0. The molecule has 1 aliphatic heterocycles. The molecule has 1 aliphatic carbocycles. The van der Waals surface area contributed by atoms with E-state index in [1.807, 2.05) is 30.3 Å². The molecule has 0 spiro atoms. The standard InChI is InChI=1S/C21H30N2O4/c24-20(25)11-10-17(14-16-6-2-1-3-7-16)22-21(26)19-15-27-13-12-23(19)18-8-4-5-9-18/h1-3,6-7,17-19H,4-5,8-15H2,(H,22,26)(H,24,25). The number of carboxylic acids is 1. The molecule has 1 aromatic rings. The molecule has 2 unspecified atom stereocenters. The van der Waals surface area contributed by atoms with Gasteiger partial charge in [-0.05, 0) is 31.2 Å². The van der Waals surface area contributed by atoms with Crippen molar-refractivity contribution in [3.8, 4) is 0 Å². The molecule has 6 nitrogen and oxygen atoms in total. The fourth-order valence-corrected chi connectivity index (χ4v) is 4.23. The van der Waals surface area contributed by atoms with Crippen molar-refractivity contribution in [1.29, 1.82) is 0 Å². The minimum Gasteiger partial charge on any atom is -0.481 e. The van der Waals surface area contributed by atoms with Crippen molar-refractivity contribution in [3.05, 3.63) is 35.9 Å². The van der Waals surface area contributed by atoms with E-state index < -0.39 is 5.97 Å². The Kier molecular flexibility index (Phi) is 7.24. The van der Waals surface area contributed by atoms with E-state index in [0.717, 1.165) is 24.9 Å². The van der Waals surface area contributed by atoms with Gasteiger partial charge in [0.2, 0.25) is 5.91 Å². The summed E-state index contributed by atoms with van der Waals surface area (Å²) in [7, 11) is 0. The highest BCUT2D eigenvalue weighted by Gasteiger charge is 2.36. The fourth-order valence-electron chi connectivity index (χ4n) is 4.23. The minimum atomic E-state index is -0.837. The van der Waals surface area contributed by atoms with E-state index in [4.69, 9.17) is 9.84 Å². The summed E-state index contributed by atoms with van der Waals surface area (Å²) in [6.07, 6.45) is 5.86. The maximum absolute atomic E-state index is 13.0. The average Bonchev–Trinajstić information content (AvgIpc) is 3.21. The maximum atomic E-state index is 13.0. The van der Waals surface area contributed by atoms with Crippen molar-refractivity contribution in [2.75, 3.05) is 19.8 Å². The first-order valence-corrected chi connectivity index (χ1v) is 10.0. The van der Waals surface area contributed by atoms with E-state index >= 15 is 0 Å². The molecular weight excluding hydrogens is 344 g/mol. The molecule has 2 N–H and O–H groups in total. The smallest absolute Gasteiger partial charge is 0.303 e. The molecule has 27 heavy (non-hydrogen) atoms. The van der Waals surface area contributed by atoms with Gasteiger partial charge >= 0.3 is 5.97 Å². The number of amides is 1. The van der Waals surface area contributed by atoms with Crippen LogP contribution in [-0.4, -0.2) is 59.8 Å². The van der Waals surface area contributed by atoms with Gasteiger partial charge in [0.05, 0.1) is 13.2 Å². The molecule has 2 aliphatic rings. The number of nitrogens with one attached hydrogen (secondary N) is 1. The van der Waals surface area contributed by atoms with Crippen LogP contribution in [-0.2, 0) is 20.7 Å². The van der Waals surface area contributed by atoms with Crippen molar-refractivity contribution in [1.82, 2.24) is 10.2 Å². The van der Waals surface area contributed by atoms with Crippen LogP contribution in [0.4, 0.5) is 0 Å². The molecule has 6 heteroatoms. The van der Waals surface area contributed by atoms with Crippen molar-refractivity contribution < 1.29 is 19.4 Å². The normalized spacial score (nSPS) is 22.4. The quantitative estimate of drug-likeness (QED) is 0.729. The summed E-state index contributed by atoms with van der Waals surface area (Å²) < 4.78 is 5.59. The molecular formula is C21H30N2O4. The summed E-state index contributed by atoms with van der Waals surface area (Å²) in [6, 6.07) is 9.89. The molecule has 1 saturated carbocycles. The Balaban J connectivity index is 1.64. The van der Waals surface area contributed by atoms with Crippen LogP contribution in [0.15, 0.2) is 30.3 Å². The third-order valence-electron chi connectivity index (χ3n) is 5.64. The zero-order valence-electron chi connectivity index (χ0n) is 15.8. The van der Waals surface area contributed by atoms with E-state index in [1.165, 1.54) is 12.8 Å². The zero-order chi connectivity index (χ0) is 19.1. The summed E-state index contributed by atoms with van der Waals surface area (Å²) in [5, 5.41) is 12.2. The molecule has 1 aromatic carbocycles. The third kappa shape index (κ3) is 5.78. The maximum Gasteiger partial charge on any atom is 0.303 e. The van der Waals surface area contributed by atoms with Gasteiger partial charge in [-0.1, -0.05) is 43.2 Å². The molecule has 148 valence electrons. The largest absolute Gasteiger partial charge is 0.481 e. The molecule has 0 aromatic heterocycles. The Bertz CT molecular complexity index is 616. The molecule has 2 fully saturated rings. The topological polar surface area (TPSA) is 78.9 Å². The third-order valence-corrected chi connectivity index (χ3v) is 5.64. The second kappa shape index (κ2) is 9.85. The number of hydrogen-bond donors (Lipinski definition) is 2. The lowest BCUT2D eigenvalue weighted by Gasteiger charge is -2.39. The molecule has 1 heterocycles. The summed E-state index contributed by atoms with van der Waals surface area (Å²) in [5.41, 5.74) is 1.10. The molecule has 2 atom stereocenters. The number of carbonyl (C=O) groups is 2. The van der Waals surface area contributed by atoms with Crippen LogP contribution in [0.3, 0.4) is 0 Å². The highest BCUT2D eigenvalue weighted by atomic mass is 16.5. The summed E-state index contributed by atoms with van der Waals surface area (Å²) in [5.74, 6) is -0.871. The number of nitrogens with zero attached hydrogens (tertiary/aromatic N) is 1. The van der Waals surface area contributed by atoms with Crippen molar-refractivity contribution in [2.24, 2.45) is 0 Å². The monoisotopic (exact) mass is 374 g/mol. The van der Waals surface area contributed by atoms with Crippen molar-refractivity contribution in [2.45, 2.75) is 63.1 Å². The number of carboxylic acid groups (broad SMARTS) is 1. The van der Waals surface area contributed by atoms with E-state index in [2.05, 4.69) is 10.2 Å². The number of benzene rings is 1. The number of ether oxygens (including phenoxy) is 1. The van der Waals surface area contributed by atoms with Gasteiger partial charge in [0.15, 0.2) is 0 Å².